The molecule has 1 atom stereocenters. The molecule has 3 heterocycles. The molecule has 5 rings (SSSR count). The average molecular weight is 383 g/mol. The number of pyridine rings is 1. The molecule has 1 aliphatic heterocycles. The van der Waals surface area contributed by atoms with Crippen molar-refractivity contribution in [1.82, 2.24) is 14.5 Å². The molecule has 1 aromatic carbocycles. The summed E-state index contributed by atoms with van der Waals surface area (Å²) in [6, 6.07) is 6.81. The number of anilines is 3. The molecule has 1 aliphatic carbocycles. The van der Waals surface area contributed by atoms with Gasteiger partial charge in [-0.05, 0) is 37.1 Å². The summed E-state index contributed by atoms with van der Waals surface area (Å²) in [5.41, 5.74) is -0.913. The number of amides is 1. The van der Waals surface area contributed by atoms with Gasteiger partial charge in [0.2, 0.25) is 5.95 Å². The number of carbonyl (C=O) groups excluding carboxylic acids is 1. The van der Waals surface area contributed by atoms with E-state index in [1.54, 1.807) is 22.9 Å². The minimum absolute atomic E-state index is 0.0485. The van der Waals surface area contributed by atoms with Crippen LogP contribution >= 0.6 is 0 Å². The zero-order valence-corrected chi connectivity index (χ0v) is 14.5. The molecule has 3 aromatic rings. The van der Waals surface area contributed by atoms with Gasteiger partial charge in [-0.1, -0.05) is 6.07 Å². The first-order valence-electron chi connectivity index (χ1n) is 8.74. The smallest absolute Gasteiger partial charge is 0.274 e. The lowest BCUT2D eigenvalue weighted by Crippen LogP contribution is -2.36. The second kappa shape index (κ2) is 5.83. The van der Waals surface area contributed by atoms with Crippen LogP contribution in [0.5, 0.6) is 0 Å². The van der Waals surface area contributed by atoms with Crippen molar-refractivity contribution in [3.63, 3.8) is 0 Å². The van der Waals surface area contributed by atoms with Gasteiger partial charge in [0.1, 0.15) is 11.4 Å². The Labute approximate surface area is 158 Å². The summed E-state index contributed by atoms with van der Waals surface area (Å²) in [7, 11) is 0. The average Bonchev–Trinajstić information content (AvgIpc) is 3.29. The third-order valence-corrected chi connectivity index (χ3v) is 5.22. The summed E-state index contributed by atoms with van der Waals surface area (Å²) >= 11 is 0. The van der Waals surface area contributed by atoms with Crippen molar-refractivity contribution in [2.75, 3.05) is 10.2 Å². The van der Waals surface area contributed by atoms with Gasteiger partial charge >= 0.3 is 0 Å². The predicted molar refractivity (Wildman–Crippen MR) is 96.1 cm³/mol. The van der Waals surface area contributed by atoms with Crippen molar-refractivity contribution in [2.24, 2.45) is 0 Å². The molecule has 2 aromatic heterocycles. The summed E-state index contributed by atoms with van der Waals surface area (Å²) in [5, 5.41) is 13.1. The molecule has 2 N–H and O–H groups in total. The Kier molecular flexibility index (Phi) is 3.50. The molecule has 142 valence electrons. The number of fused-ring (bicyclic) bond motifs is 2. The number of hydrogen-bond acceptors (Lipinski definition) is 5. The number of aromatic nitrogens is 3. The number of carbonyl (C=O) groups is 1. The van der Waals surface area contributed by atoms with E-state index in [2.05, 4.69) is 15.3 Å². The molecule has 1 fully saturated rings. The monoisotopic (exact) mass is 383 g/mol. The number of nitrogens with one attached hydrogen (secondary N) is 1. The Balaban J connectivity index is 1.49. The molecular weight excluding hydrogens is 368 g/mol. The second-order valence-electron chi connectivity index (χ2n) is 6.90. The molecule has 1 amide bonds. The van der Waals surface area contributed by atoms with E-state index in [1.807, 2.05) is 0 Å². The van der Waals surface area contributed by atoms with Crippen LogP contribution < -0.4 is 10.2 Å². The van der Waals surface area contributed by atoms with Crippen LogP contribution in [0.4, 0.5) is 26.1 Å². The van der Waals surface area contributed by atoms with Gasteiger partial charge in [0.25, 0.3) is 5.91 Å². The van der Waals surface area contributed by atoms with Crippen LogP contribution in [0.1, 0.15) is 23.3 Å². The van der Waals surface area contributed by atoms with Crippen LogP contribution in [0, 0.1) is 11.6 Å². The number of halogens is 2. The van der Waals surface area contributed by atoms with E-state index in [1.165, 1.54) is 23.4 Å². The summed E-state index contributed by atoms with van der Waals surface area (Å²) in [5.74, 6) is -2.13. The van der Waals surface area contributed by atoms with Gasteiger partial charge in [-0.2, -0.15) is 0 Å². The maximum Gasteiger partial charge on any atom is 0.274 e. The highest BCUT2D eigenvalue weighted by atomic mass is 19.1. The van der Waals surface area contributed by atoms with Crippen molar-refractivity contribution in [2.45, 2.75) is 24.6 Å². The minimum atomic E-state index is -1.12. The SMILES string of the molecule is O=C(Nc1cc(F)c(N2c3nccn3C3(CC3)C2O)c(F)c1)c1ccccn1. The Morgan fingerprint density at radius 3 is 2.57 bits per heavy atom. The van der Waals surface area contributed by atoms with Crippen molar-refractivity contribution in [1.29, 1.82) is 0 Å². The predicted octanol–water partition coefficient (Wildman–Crippen LogP) is 2.77. The van der Waals surface area contributed by atoms with Gasteiger partial charge < -0.3 is 15.0 Å². The number of hydrogen-bond donors (Lipinski definition) is 2. The molecule has 0 bridgehead atoms. The fourth-order valence-corrected chi connectivity index (χ4v) is 3.70. The maximum absolute atomic E-state index is 14.9. The highest BCUT2D eigenvalue weighted by Gasteiger charge is 2.60. The number of aliphatic hydroxyl groups excluding tert-OH is 1. The summed E-state index contributed by atoms with van der Waals surface area (Å²) in [4.78, 5) is 21.4. The van der Waals surface area contributed by atoms with Gasteiger partial charge in [-0.3, -0.25) is 14.7 Å². The quantitative estimate of drug-likeness (QED) is 0.727. The summed E-state index contributed by atoms with van der Waals surface area (Å²) < 4.78 is 31.5. The third-order valence-electron chi connectivity index (χ3n) is 5.22. The summed E-state index contributed by atoms with van der Waals surface area (Å²) in [6.45, 7) is 0. The first-order chi connectivity index (χ1) is 13.5. The molecule has 1 saturated carbocycles. The molecule has 28 heavy (non-hydrogen) atoms. The zero-order chi connectivity index (χ0) is 19.5. The Bertz CT molecular complexity index is 1060. The topological polar surface area (TPSA) is 83.3 Å². The standard InChI is InChI=1S/C19H15F2N5O2/c20-12-9-11(24-16(27)14-3-1-2-6-22-14)10-13(21)15(12)26-17(28)19(4-5-19)25-8-7-23-18(25)26/h1-3,6-10,17,28H,4-5H2,(H,24,27). The van der Waals surface area contributed by atoms with Gasteiger partial charge in [0.05, 0.1) is 5.54 Å². The number of benzene rings is 1. The van der Waals surface area contributed by atoms with Crippen molar-refractivity contribution in [3.8, 4) is 0 Å². The highest BCUT2D eigenvalue weighted by molar-refractivity contribution is 6.02. The van der Waals surface area contributed by atoms with Crippen LogP contribution in [0.25, 0.3) is 0 Å². The number of aliphatic hydroxyl groups is 1. The molecule has 9 heteroatoms. The largest absolute Gasteiger partial charge is 0.371 e. The van der Waals surface area contributed by atoms with Gasteiger partial charge in [-0.25, -0.2) is 13.8 Å². The van der Waals surface area contributed by atoms with Crippen LogP contribution in [0.2, 0.25) is 0 Å². The van der Waals surface area contributed by atoms with Gasteiger partial charge in [0, 0.05) is 24.3 Å². The van der Waals surface area contributed by atoms with E-state index < -0.39 is 35.0 Å². The van der Waals surface area contributed by atoms with E-state index in [-0.39, 0.29) is 17.3 Å². The van der Waals surface area contributed by atoms with Gasteiger partial charge in [-0.15, -0.1) is 0 Å². The Hall–Kier alpha value is -3.33. The lowest BCUT2D eigenvalue weighted by atomic mass is 10.2. The number of imidazole rings is 1. The fraction of sp³-hybridized carbons (Fsp3) is 0.211. The molecule has 1 spiro atoms. The fourth-order valence-electron chi connectivity index (χ4n) is 3.70. The molecule has 7 nitrogen and oxygen atoms in total. The van der Waals surface area contributed by atoms with Crippen LogP contribution in [-0.4, -0.2) is 31.8 Å². The Morgan fingerprint density at radius 1 is 1.18 bits per heavy atom. The Morgan fingerprint density at radius 2 is 1.93 bits per heavy atom. The third kappa shape index (κ3) is 2.32. The lowest BCUT2D eigenvalue weighted by molar-refractivity contribution is 0.102. The van der Waals surface area contributed by atoms with Crippen LogP contribution in [0.3, 0.4) is 0 Å². The van der Waals surface area contributed by atoms with Gasteiger partial charge in [0.15, 0.2) is 17.9 Å². The van der Waals surface area contributed by atoms with E-state index in [4.69, 9.17) is 0 Å². The molecule has 0 saturated heterocycles. The molecule has 1 unspecified atom stereocenters. The van der Waals surface area contributed by atoms with E-state index in [9.17, 15) is 18.7 Å². The zero-order valence-electron chi connectivity index (χ0n) is 14.5. The second-order valence-corrected chi connectivity index (χ2v) is 6.90. The number of rotatable bonds is 3. The molecule has 2 aliphatic rings. The number of nitrogens with zero attached hydrogens (tertiary/aromatic N) is 4. The highest BCUT2D eigenvalue weighted by Crippen LogP contribution is 2.56. The van der Waals surface area contributed by atoms with Crippen molar-refractivity contribution >= 4 is 23.2 Å². The normalized spacial score (nSPS) is 19.0. The molecular formula is C19H15F2N5O2. The van der Waals surface area contributed by atoms with Crippen LogP contribution in [0.15, 0.2) is 48.9 Å². The van der Waals surface area contributed by atoms with Crippen molar-refractivity contribution in [3.05, 3.63) is 66.3 Å². The first kappa shape index (κ1) is 16.8. The van der Waals surface area contributed by atoms with E-state index in [0.717, 1.165) is 12.1 Å². The first-order valence-corrected chi connectivity index (χ1v) is 8.74. The summed E-state index contributed by atoms with van der Waals surface area (Å²) in [6.07, 6.45) is 4.97. The van der Waals surface area contributed by atoms with E-state index in [0.29, 0.717) is 12.8 Å². The lowest BCUT2D eigenvalue weighted by Gasteiger charge is -2.25. The van der Waals surface area contributed by atoms with Crippen molar-refractivity contribution < 1.29 is 18.7 Å². The van der Waals surface area contributed by atoms with E-state index >= 15 is 0 Å². The maximum atomic E-state index is 14.9. The minimum Gasteiger partial charge on any atom is -0.371 e. The van der Waals surface area contributed by atoms with Crippen LogP contribution in [-0.2, 0) is 5.54 Å². The molecule has 0 radical (unpaired) electrons.